The molecule has 0 aliphatic carbocycles. The maximum atomic E-state index is 13.4. The van der Waals surface area contributed by atoms with E-state index < -0.39 is 0 Å². The van der Waals surface area contributed by atoms with Gasteiger partial charge in [0.25, 0.3) is 0 Å². The van der Waals surface area contributed by atoms with E-state index in [0.717, 1.165) is 16.6 Å². The summed E-state index contributed by atoms with van der Waals surface area (Å²) in [7, 11) is 0. The third kappa shape index (κ3) is 1.46. The first-order valence-corrected chi connectivity index (χ1v) is 4.86. The van der Waals surface area contributed by atoms with Gasteiger partial charge >= 0.3 is 0 Å². The SMILES string of the molecule is Cc1cc(CCl)c2cccc(F)c2n1. The van der Waals surface area contributed by atoms with Crippen LogP contribution in [0, 0.1) is 12.7 Å². The average Bonchev–Trinajstić information content (AvgIpc) is 2.18. The van der Waals surface area contributed by atoms with E-state index in [9.17, 15) is 4.39 Å². The van der Waals surface area contributed by atoms with Gasteiger partial charge in [-0.25, -0.2) is 4.39 Å². The lowest BCUT2D eigenvalue weighted by Crippen LogP contribution is -1.92. The molecular weight excluding hydrogens is 201 g/mol. The molecule has 1 aromatic heterocycles. The van der Waals surface area contributed by atoms with Gasteiger partial charge in [0.2, 0.25) is 0 Å². The van der Waals surface area contributed by atoms with Crippen LogP contribution >= 0.6 is 11.6 Å². The summed E-state index contributed by atoms with van der Waals surface area (Å²) in [6.07, 6.45) is 0. The highest BCUT2D eigenvalue weighted by Crippen LogP contribution is 2.21. The Morgan fingerprint density at radius 3 is 2.93 bits per heavy atom. The zero-order valence-corrected chi connectivity index (χ0v) is 8.48. The number of para-hydroxylation sites is 1. The Morgan fingerprint density at radius 2 is 2.21 bits per heavy atom. The molecule has 0 saturated heterocycles. The molecule has 3 heteroatoms. The van der Waals surface area contributed by atoms with Crippen LogP contribution in [0.4, 0.5) is 4.39 Å². The van der Waals surface area contributed by atoms with E-state index in [-0.39, 0.29) is 5.82 Å². The summed E-state index contributed by atoms with van der Waals surface area (Å²) in [5.41, 5.74) is 2.12. The summed E-state index contributed by atoms with van der Waals surface area (Å²) in [5.74, 6) is 0.0844. The molecule has 0 bridgehead atoms. The maximum absolute atomic E-state index is 13.4. The standard InChI is InChI=1S/C11H9ClFN/c1-7-5-8(6-12)9-3-2-4-10(13)11(9)14-7/h2-5H,6H2,1H3. The maximum Gasteiger partial charge on any atom is 0.149 e. The molecule has 1 aromatic carbocycles. The van der Waals surface area contributed by atoms with Crippen LogP contribution in [0.25, 0.3) is 10.9 Å². The lowest BCUT2D eigenvalue weighted by atomic mass is 10.1. The highest BCUT2D eigenvalue weighted by molar-refractivity contribution is 6.18. The molecule has 0 saturated carbocycles. The number of pyridine rings is 1. The molecule has 0 spiro atoms. The highest BCUT2D eigenvalue weighted by atomic mass is 35.5. The largest absolute Gasteiger partial charge is 0.250 e. The van der Waals surface area contributed by atoms with E-state index >= 15 is 0 Å². The molecule has 1 heterocycles. The van der Waals surface area contributed by atoms with Gasteiger partial charge in [-0.05, 0) is 24.6 Å². The van der Waals surface area contributed by atoms with Crippen molar-refractivity contribution in [2.24, 2.45) is 0 Å². The van der Waals surface area contributed by atoms with Gasteiger partial charge in [-0.15, -0.1) is 11.6 Å². The van der Waals surface area contributed by atoms with Crippen LogP contribution in [0.1, 0.15) is 11.3 Å². The van der Waals surface area contributed by atoms with Crippen LogP contribution < -0.4 is 0 Å². The Hall–Kier alpha value is -1.15. The number of halogens is 2. The summed E-state index contributed by atoms with van der Waals surface area (Å²) in [6, 6.07) is 6.80. The molecule has 0 amide bonds. The lowest BCUT2D eigenvalue weighted by molar-refractivity contribution is 0.636. The highest BCUT2D eigenvalue weighted by Gasteiger charge is 2.06. The van der Waals surface area contributed by atoms with Crippen LogP contribution in [0.5, 0.6) is 0 Å². The Balaban J connectivity index is 2.87. The number of nitrogens with zero attached hydrogens (tertiary/aromatic N) is 1. The van der Waals surface area contributed by atoms with E-state index in [2.05, 4.69) is 4.98 Å². The van der Waals surface area contributed by atoms with E-state index in [0.29, 0.717) is 11.4 Å². The van der Waals surface area contributed by atoms with Crippen LogP contribution in [0.15, 0.2) is 24.3 Å². The van der Waals surface area contributed by atoms with Gasteiger partial charge in [-0.1, -0.05) is 12.1 Å². The molecule has 0 N–H and O–H groups in total. The van der Waals surface area contributed by atoms with Crippen molar-refractivity contribution in [3.05, 3.63) is 41.3 Å². The lowest BCUT2D eigenvalue weighted by Gasteiger charge is -2.05. The van der Waals surface area contributed by atoms with Gasteiger partial charge in [0, 0.05) is 17.0 Å². The number of alkyl halides is 1. The second-order valence-electron chi connectivity index (χ2n) is 3.19. The molecule has 14 heavy (non-hydrogen) atoms. The van der Waals surface area contributed by atoms with E-state index in [1.807, 2.05) is 19.1 Å². The number of hydrogen-bond acceptors (Lipinski definition) is 1. The Morgan fingerprint density at radius 1 is 1.43 bits per heavy atom. The summed E-state index contributed by atoms with van der Waals surface area (Å²) >= 11 is 5.78. The van der Waals surface area contributed by atoms with Gasteiger partial charge in [0.15, 0.2) is 0 Å². The van der Waals surface area contributed by atoms with Crippen molar-refractivity contribution in [3.63, 3.8) is 0 Å². The molecule has 0 radical (unpaired) electrons. The van der Waals surface area contributed by atoms with Crippen molar-refractivity contribution < 1.29 is 4.39 Å². The number of aryl methyl sites for hydroxylation is 1. The van der Waals surface area contributed by atoms with E-state index in [4.69, 9.17) is 11.6 Å². The number of hydrogen-bond donors (Lipinski definition) is 0. The zero-order valence-electron chi connectivity index (χ0n) is 7.72. The Bertz CT molecular complexity index is 482. The molecule has 2 aromatic rings. The summed E-state index contributed by atoms with van der Waals surface area (Å²) in [5, 5.41) is 0.797. The van der Waals surface area contributed by atoms with Crippen LogP contribution in [0.2, 0.25) is 0 Å². The Kier molecular flexibility index (Phi) is 2.38. The first-order chi connectivity index (χ1) is 6.72. The summed E-state index contributed by atoms with van der Waals surface area (Å²) < 4.78 is 13.4. The number of aromatic nitrogens is 1. The van der Waals surface area contributed by atoms with Gasteiger partial charge in [-0.3, -0.25) is 4.98 Å². The second-order valence-corrected chi connectivity index (χ2v) is 3.46. The fraction of sp³-hybridized carbons (Fsp3) is 0.182. The monoisotopic (exact) mass is 209 g/mol. The normalized spacial score (nSPS) is 10.8. The number of fused-ring (bicyclic) bond motifs is 1. The molecular formula is C11H9ClFN. The minimum atomic E-state index is -0.294. The average molecular weight is 210 g/mol. The van der Waals surface area contributed by atoms with E-state index in [1.165, 1.54) is 6.07 Å². The van der Waals surface area contributed by atoms with Crippen molar-refractivity contribution >= 4 is 22.5 Å². The predicted molar refractivity (Wildman–Crippen MR) is 56.0 cm³/mol. The van der Waals surface area contributed by atoms with Crippen molar-refractivity contribution in [1.29, 1.82) is 0 Å². The fourth-order valence-electron chi connectivity index (χ4n) is 1.54. The van der Waals surface area contributed by atoms with Crippen molar-refractivity contribution in [3.8, 4) is 0 Å². The summed E-state index contributed by atoms with van der Waals surface area (Å²) in [6.45, 7) is 1.84. The van der Waals surface area contributed by atoms with Crippen molar-refractivity contribution in [2.75, 3.05) is 0 Å². The van der Waals surface area contributed by atoms with Gasteiger partial charge in [0.1, 0.15) is 11.3 Å². The topological polar surface area (TPSA) is 12.9 Å². The quantitative estimate of drug-likeness (QED) is 0.656. The Labute approximate surface area is 86.5 Å². The minimum Gasteiger partial charge on any atom is -0.250 e. The molecule has 0 unspecified atom stereocenters. The zero-order chi connectivity index (χ0) is 10.1. The third-order valence-electron chi connectivity index (χ3n) is 2.15. The van der Waals surface area contributed by atoms with Crippen molar-refractivity contribution in [2.45, 2.75) is 12.8 Å². The molecule has 72 valence electrons. The van der Waals surface area contributed by atoms with Gasteiger partial charge in [0.05, 0.1) is 0 Å². The molecule has 1 nitrogen and oxygen atoms in total. The molecule has 0 atom stereocenters. The molecule has 0 aliphatic heterocycles. The molecule has 0 fully saturated rings. The van der Waals surface area contributed by atoms with Gasteiger partial charge < -0.3 is 0 Å². The van der Waals surface area contributed by atoms with Gasteiger partial charge in [-0.2, -0.15) is 0 Å². The third-order valence-corrected chi connectivity index (χ3v) is 2.44. The molecule has 0 aliphatic rings. The van der Waals surface area contributed by atoms with Crippen molar-refractivity contribution in [1.82, 2.24) is 4.98 Å². The smallest absolute Gasteiger partial charge is 0.149 e. The van der Waals surface area contributed by atoms with E-state index in [1.54, 1.807) is 6.07 Å². The van der Waals surface area contributed by atoms with Crippen LogP contribution in [0.3, 0.4) is 0 Å². The first kappa shape index (κ1) is 9.41. The fourth-order valence-corrected chi connectivity index (χ4v) is 1.76. The molecule has 2 rings (SSSR count). The number of rotatable bonds is 1. The predicted octanol–water partition coefficient (Wildman–Crippen LogP) is 3.42. The second kappa shape index (κ2) is 3.54. The summed E-state index contributed by atoms with van der Waals surface area (Å²) in [4.78, 5) is 4.15. The minimum absolute atomic E-state index is 0.294. The first-order valence-electron chi connectivity index (χ1n) is 4.33. The number of benzene rings is 1. The van der Waals surface area contributed by atoms with Crippen LogP contribution in [-0.4, -0.2) is 4.98 Å². The van der Waals surface area contributed by atoms with Crippen LogP contribution in [-0.2, 0) is 5.88 Å².